The van der Waals surface area contributed by atoms with E-state index in [9.17, 15) is 0 Å². The summed E-state index contributed by atoms with van der Waals surface area (Å²) in [4.78, 5) is 0. The Balaban J connectivity index is 1.47. The molecule has 0 aliphatic rings. The third-order valence-corrected chi connectivity index (χ3v) is 3.81. The number of hydrogen-bond donors (Lipinski definition) is 1. The van der Waals surface area contributed by atoms with Crippen molar-refractivity contribution in [1.29, 1.82) is 0 Å². The highest BCUT2D eigenvalue weighted by molar-refractivity contribution is 5.82. The van der Waals surface area contributed by atoms with Gasteiger partial charge in [-0.2, -0.15) is 0 Å². The van der Waals surface area contributed by atoms with Crippen LogP contribution in [0, 0.1) is 0 Å². The number of pyridine rings is 1. The Morgan fingerprint density at radius 3 is 2.64 bits per heavy atom. The first-order chi connectivity index (χ1) is 10.9. The van der Waals surface area contributed by atoms with Gasteiger partial charge in [-0.05, 0) is 34.5 Å². The highest BCUT2D eigenvalue weighted by Crippen LogP contribution is 2.15. The van der Waals surface area contributed by atoms with Crippen molar-refractivity contribution in [3.63, 3.8) is 0 Å². The van der Waals surface area contributed by atoms with Crippen LogP contribution in [0.25, 0.3) is 16.4 Å². The Morgan fingerprint density at radius 1 is 0.818 bits per heavy atom. The lowest BCUT2D eigenvalue weighted by molar-refractivity contribution is 0.657. The molecule has 0 spiro atoms. The van der Waals surface area contributed by atoms with Crippen LogP contribution in [0.2, 0.25) is 0 Å². The van der Waals surface area contributed by atoms with Gasteiger partial charge in [-0.15, -0.1) is 10.2 Å². The molecule has 4 nitrogen and oxygen atoms in total. The van der Waals surface area contributed by atoms with E-state index in [2.05, 4.69) is 58.0 Å². The minimum absolute atomic E-state index is 0.692. The molecule has 0 fully saturated rings. The predicted octanol–water partition coefficient (Wildman–Crippen LogP) is 3.17. The second-order valence-corrected chi connectivity index (χ2v) is 5.33. The van der Waals surface area contributed by atoms with Crippen LogP contribution in [0.4, 0.5) is 0 Å². The lowest BCUT2D eigenvalue weighted by Gasteiger charge is -2.05. The van der Waals surface area contributed by atoms with Gasteiger partial charge in [0.15, 0.2) is 11.5 Å². The molecule has 4 aromatic rings. The minimum Gasteiger partial charge on any atom is -0.306 e. The van der Waals surface area contributed by atoms with Crippen LogP contribution in [-0.2, 0) is 13.1 Å². The highest BCUT2D eigenvalue weighted by atomic mass is 15.3. The minimum atomic E-state index is 0.692. The summed E-state index contributed by atoms with van der Waals surface area (Å²) in [6, 6.07) is 20.9. The van der Waals surface area contributed by atoms with Crippen LogP contribution < -0.4 is 5.32 Å². The van der Waals surface area contributed by atoms with Gasteiger partial charge in [0, 0.05) is 12.7 Å². The third-order valence-electron chi connectivity index (χ3n) is 3.81. The number of rotatable bonds is 4. The van der Waals surface area contributed by atoms with Gasteiger partial charge in [0.2, 0.25) is 0 Å². The summed E-state index contributed by atoms with van der Waals surface area (Å²) < 4.78 is 2.01. The number of fused-ring (bicyclic) bond motifs is 2. The van der Waals surface area contributed by atoms with Gasteiger partial charge in [-0.1, -0.05) is 42.5 Å². The van der Waals surface area contributed by atoms with Gasteiger partial charge in [0.05, 0.1) is 6.54 Å². The van der Waals surface area contributed by atoms with Crippen LogP contribution in [0.5, 0.6) is 0 Å². The van der Waals surface area contributed by atoms with E-state index in [-0.39, 0.29) is 0 Å². The first kappa shape index (κ1) is 13.0. The number of benzene rings is 2. The molecule has 0 saturated carbocycles. The summed E-state index contributed by atoms with van der Waals surface area (Å²) in [6.07, 6.45) is 1.99. The maximum absolute atomic E-state index is 4.23. The molecule has 0 aliphatic carbocycles. The SMILES string of the molecule is c1ccc2cc(CNCc3nnc4ccccn34)ccc2c1. The zero-order valence-corrected chi connectivity index (χ0v) is 12.1. The zero-order chi connectivity index (χ0) is 14.8. The number of nitrogens with zero attached hydrogens (tertiary/aromatic N) is 3. The van der Waals surface area contributed by atoms with E-state index in [1.807, 2.05) is 28.8 Å². The van der Waals surface area contributed by atoms with E-state index >= 15 is 0 Å². The molecule has 4 heteroatoms. The van der Waals surface area contributed by atoms with Gasteiger partial charge < -0.3 is 5.32 Å². The predicted molar refractivity (Wildman–Crippen MR) is 87.5 cm³/mol. The summed E-state index contributed by atoms with van der Waals surface area (Å²) in [5.74, 6) is 0.927. The van der Waals surface area contributed by atoms with Gasteiger partial charge in [0.1, 0.15) is 0 Å². The van der Waals surface area contributed by atoms with E-state index in [1.165, 1.54) is 16.3 Å². The summed E-state index contributed by atoms with van der Waals surface area (Å²) >= 11 is 0. The van der Waals surface area contributed by atoms with Crippen molar-refractivity contribution in [2.75, 3.05) is 0 Å². The fourth-order valence-corrected chi connectivity index (χ4v) is 2.68. The van der Waals surface area contributed by atoms with E-state index in [1.54, 1.807) is 0 Å². The Labute approximate surface area is 128 Å². The van der Waals surface area contributed by atoms with Crippen LogP contribution in [0.1, 0.15) is 11.4 Å². The van der Waals surface area contributed by atoms with Gasteiger partial charge in [-0.3, -0.25) is 4.40 Å². The first-order valence-electron chi connectivity index (χ1n) is 7.37. The third kappa shape index (κ3) is 2.44. The molecule has 0 aliphatic heterocycles. The van der Waals surface area contributed by atoms with Crippen LogP contribution >= 0.6 is 0 Å². The van der Waals surface area contributed by atoms with Crippen molar-refractivity contribution < 1.29 is 0 Å². The van der Waals surface area contributed by atoms with Crippen molar-refractivity contribution in [1.82, 2.24) is 19.9 Å². The molecule has 0 unspecified atom stereocenters. The molecular formula is C18H16N4. The van der Waals surface area contributed by atoms with Crippen LogP contribution in [0.3, 0.4) is 0 Å². The van der Waals surface area contributed by atoms with Crippen molar-refractivity contribution in [2.24, 2.45) is 0 Å². The molecule has 108 valence electrons. The fourth-order valence-electron chi connectivity index (χ4n) is 2.68. The molecule has 0 atom stereocenters. The molecule has 0 saturated heterocycles. The lowest BCUT2D eigenvalue weighted by Crippen LogP contribution is -2.14. The van der Waals surface area contributed by atoms with E-state index in [4.69, 9.17) is 0 Å². The Morgan fingerprint density at radius 2 is 1.68 bits per heavy atom. The first-order valence-corrected chi connectivity index (χ1v) is 7.37. The van der Waals surface area contributed by atoms with Crippen molar-refractivity contribution in [3.05, 3.63) is 78.2 Å². The van der Waals surface area contributed by atoms with Gasteiger partial charge >= 0.3 is 0 Å². The molecule has 2 aromatic carbocycles. The van der Waals surface area contributed by atoms with Gasteiger partial charge in [-0.25, -0.2) is 0 Å². The molecule has 2 aromatic heterocycles. The van der Waals surface area contributed by atoms with E-state index < -0.39 is 0 Å². The second kappa shape index (κ2) is 5.58. The zero-order valence-electron chi connectivity index (χ0n) is 12.1. The van der Waals surface area contributed by atoms with Crippen molar-refractivity contribution in [3.8, 4) is 0 Å². The summed E-state index contributed by atoms with van der Waals surface area (Å²) in [5.41, 5.74) is 2.15. The van der Waals surface area contributed by atoms with E-state index in [0.717, 1.165) is 18.0 Å². The summed E-state index contributed by atoms with van der Waals surface area (Å²) in [6.45, 7) is 1.50. The molecule has 1 N–H and O–H groups in total. The normalized spacial score (nSPS) is 11.3. The summed E-state index contributed by atoms with van der Waals surface area (Å²) in [5, 5.41) is 14.4. The second-order valence-electron chi connectivity index (χ2n) is 5.33. The Kier molecular flexibility index (Phi) is 3.29. The summed E-state index contributed by atoms with van der Waals surface area (Å²) in [7, 11) is 0. The number of aromatic nitrogens is 3. The Bertz CT molecular complexity index is 926. The lowest BCUT2D eigenvalue weighted by atomic mass is 10.1. The van der Waals surface area contributed by atoms with Gasteiger partial charge in [0.25, 0.3) is 0 Å². The molecular weight excluding hydrogens is 272 g/mol. The molecule has 0 bridgehead atoms. The van der Waals surface area contributed by atoms with Crippen LogP contribution in [-0.4, -0.2) is 14.6 Å². The van der Waals surface area contributed by atoms with E-state index in [0.29, 0.717) is 6.54 Å². The molecule has 4 rings (SSSR count). The fraction of sp³-hybridized carbons (Fsp3) is 0.111. The standard InChI is InChI=1S/C18H16N4/c1-2-6-16-11-14(8-9-15(16)5-1)12-19-13-18-21-20-17-7-3-4-10-22(17)18/h1-11,19H,12-13H2. The molecule has 22 heavy (non-hydrogen) atoms. The van der Waals surface area contributed by atoms with Crippen molar-refractivity contribution >= 4 is 16.4 Å². The monoisotopic (exact) mass is 288 g/mol. The maximum Gasteiger partial charge on any atom is 0.160 e. The molecule has 0 amide bonds. The maximum atomic E-state index is 4.23. The quantitative estimate of drug-likeness (QED) is 0.627. The average molecular weight is 288 g/mol. The molecule has 0 radical (unpaired) electrons. The van der Waals surface area contributed by atoms with Crippen molar-refractivity contribution in [2.45, 2.75) is 13.1 Å². The van der Waals surface area contributed by atoms with Crippen LogP contribution in [0.15, 0.2) is 66.9 Å². The number of hydrogen-bond acceptors (Lipinski definition) is 3. The number of nitrogens with one attached hydrogen (secondary N) is 1. The topological polar surface area (TPSA) is 42.2 Å². The smallest absolute Gasteiger partial charge is 0.160 e. The largest absolute Gasteiger partial charge is 0.306 e. The highest BCUT2D eigenvalue weighted by Gasteiger charge is 2.03. The molecule has 2 heterocycles. The Hall–Kier alpha value is -2.72. The average Bonchev–Trinajstić information content (AvgIpc) is 2.98.